The molecule has 1 aliphatic rings. The third-order valence-corrected chi connectivity index (χ3v) is 3.14. The van der Waals surface area contributed by atoms with Crippen molar-refractivity contribution < 1.29 is 20.1 Å². The molecule has 19 heavy (non-hydrogen) atoms. The average molecular weight is 270 g/mol. The van der Waals surface area contributed by atoms with Crippen molar-refractivity contribution >= 4 is 0 Å². The average Bonchev–Trinajstić information content (AvgIpc) is 2.63. The summed E-state index contributed by atoms with van der Waals surface area (Å²) in [4.78, 5) is 24.7. The van der Waals surface area contributed by atoms with Crippen LogP contribution in [0.5, 0.6) is 0 Å². The van der Waals surface area contributed by atoms with Crippen LogP contribution >= 0.6 is 0 Å². The summed E-state index contributed by atoms with van der Waals surface area (Å²) < 4.78 is 6.17. The van der Waals surface area contributed by atoms with E-state index in [1.54, 1.807) is 0 Å². The highest BCUT2D eigenvalue weighted by Crippen LogP contribution is 2.38. The van der Waals surface area contributed by atoms with E-state index >= 15 is 0 Å². The van der Waals surface area contributed by atoms with E-state index in [0.29, 0.717) is 0 Å². The first-order chi connectivity index (χ1) is 8.93. The summed E-state index contributed by atoms with van der Waals surface area (Å²) in [6, 6.07) is 1.08. The zero-order valence-electron chi connectivity index (χ0n) is 9.89. The largest absolute Gasteiger partial charge is 0.394 e. The minimum absolute atomic E-state index is 0.536. The Kier molecular flexibility index (Phi) is 3.42. The first kappa shape index (κ1) is 13.7. The number of aromatic nitrogens is 2. The molecule has 4 N–H and O–H groups in total. The number of ether oxygens (including phenoxy) is 1. The molecule has 1 fully saturated rings. The summed E-state index contributed by atoms with van der Waals surface area (Å²) in [5, 5.41) is 29.3. The van der Waals surface area contributed by atoms with Gasteiger partial charge in [0.1, 0.15) is 12.2 Å². The van der Waals surface area contributed by atoms with E-state index in [2.05, 4.69) is 6.58 Å². The molecule has 4 atom stereocenters. The molecule has 0 amide bonds. The zero-order chi connectivity index (χ0) is 14.2. The molecule has 1 aromatic heterocycles. The van der Waals surface area contributed by atoms with Gasteiger partial charge < -0.3 is 20.1 Å². The highest BCUT2D eigenvalue weighted by atomic mass is 16.6. The Morgan fingerprint density at radius 2 is 2.26 bits per heavy atom. The maximum atomic E-state index is 11.7. The Bertz CT molecular complexity index is 593. The Hall–Kier alpha value is -1.74. The van der Waals surface area contributed by atoms with Crippen molar-refractivity contribution in [3.8, 4) is 0 Å². The number of nitrogens with zero attached hydrogens (tertiary/aromatic N) is 1. The lowest BCUT2D eigenvalue weighted by Gasteiger charge is -2.28. The van der Waals surface area contributed by atoms with Crippen LogP contribution in [0.1, 0.15) is 6.23 Å². The van der Waals surface area contributed by atoms with Crippen molar-refractivity contribution in [2.75, 3.05) is 6.61 Å². The molecule has 4 unspecified atom stereocenters. The molecule has 8 heteroatoms. The van der Waals surface area contributed by atoms with Gasteiger partial charge in [-0.3, -0.25) is 14.3 Å². The van der Waals surface area contributed by atoms with E-state index < -0.39 is 41.9 Å². The van der Waals surface area contributed by atoms with Crippen LogP contribution in [-0.2, 0) is 4.74 Å². The second kappa shape index (κ2) is 4.74. The highest BCUT2D eigenvalue weighted by Gasteiger charge is 2.54. The van der Waals surface area contributed by atoms with Crippen LogP contribution < -0.4 is 11.2 Å². The van der Waals surface area contributed by atoms with Gasteiger partial charge in [0, 0.05) is 12.3 Å². The van der Waals surface area contributed by atoms with Gasteiger partial charge in [0.15, 0.2) is 11.8 Å². The number of aliphatic hydroxyl groups excluding tert-OH is 2. The monoisotopic (exact) mass is 270 g/mol. The number of aliphatic hydroxyl groups is 3. The van der Waals surface area contributed by atoms with Crippen LogP contribution in [0, 0.1) is 0 Å². The van der Waals surface area contributed by atoms with Gasteiger partial charge in [-0.25, -0.2) is 4.79 Å². The minimum atomic E-state index is -1.95. The van der Waals surface area contributed by atoms with Crippen LogP contribution in [0.3, 0.4) is 0 Å². The normalized spacial score (nSPS) is 34.4. The molecule has 1 aliphatic heterocycles. The van der Waals surface area contributed by atoms with Crippen molar-refractivity contribution in [1.29, 1.82) is 0 Å². The lowest BCUT2D eigenvalue weighted by atomic mass is 9.94. The summed E-state index contributed by atoms with van der Waals surface area (Å²) in [7, 11) is 0. The number of hydrogen-bond donors (Lipinski definition) is 4. The van der Waals surface area contributed by atoms with Gasteiger partial charge in [-0.2, -0.15) is 0 Å². The van der Waals surface area contributed by atoms with Crippen LogP contribution in [0.4, 0.5) is 0 Å². The van der Waals surface area contributed by atoms with Gasteiger partial charge in [-0.05, 0) is 0 Å². The smallest absolute Gasteiger partial charge is 0.330 e. The van der Waals surface area contributed by atoms with E-state index in [-0.39, 0.29) is 0 Å². The fourth-order valence-electron chi connectivity index (χ4n) is 2.06. The molecular formula is C11H14N2O6. The number of H-pyrrole nitrogens is 1. The molecule has 0 spiro atoms. The predicted molar refractivity (Wildman–Crippen MR) is 63.5 cm³/mol. The molecule has 0 saturated carbocycles. The molecule has 0 aliphatic carbocycles. The Morgan fingerprint density at radius 3 is 2.79 bits per heavy atom. The van der Waals surface area contributed by atoms with Crippen molar-refractivity contribution in [2.45, 2.75) is 24.0 Å². The predicted octanol–water partition coefficient (Wildman–Crippen LogP) is -2.30. The lowest BCUT2D eigenvalue weighted by molar-refractivity contribution is -0.0813. The Balaban J connectivity index is 2.51. The first-order valence-electron chi connectivity index (χ1n) is 5.56. The second-order valence-corrected chi connectivity index (χ2v) is 4.26. The lowest BCUT2D eigenvalue weighted by Crippen LogP contribution is -2.47. The summed E-state index contributed by atoms with van der Waals surface area (Å²) in [5.41, 5.74) is -3.35. The van der Waals surface area contributed by atoms with Gasteiger partial charge in [-0.1, -0.05) is 12.7 Å². The summed E-state index contributed by atoms with van der Waals surface area (Å²) in [6.07, 6.45) is -1.63. The molecule has 1 saturated heterocycles. The van der Waals surface area contributed by atoms with Crippen LogP contribution in [0.2, 0.25) is 0 Å². The van der Waals surface area contributed by atoms with Crippen molar-refractivity contribution in [3.05, 3.63) is 45.8 Å². The van der Waals surface area contributed by atoms with E-state index in [0.717, 1.165) is 22.9 Å². The summed E-state index contributed by atoms with van der Waals surface area (Å²) in [6.45, 7) is 2.86. The number of rotatable bonds is 3. The summed E-state index contributed by atoms with van der Waals surface area (Å²) >= 11 is 0. The highest BCUT2D eigenvalue weighted by molar-refractivity contribution is 5.12. The number of hydrogen-bond acceptors (Lipinski definition) is 6. The van der Waals surface area contributed by atoms with Crippen molar-refractivity contribution in [2.24, 2.45) is 0 Å². The first-order valence-corrected chi connectivity index (χ1v) is 5.56. The van der Waals surface area contributed by atoms with Crippen LogP contribution in [-0.4, -0.2) is 49.3 Å². The number of nitrogens with one attached hydrogen (secondary N) is 1. The number of aromatic amines is 1. The van der Waals surface area contributed by atoms with Gasteiger partial charge in [0.05, 0.1) is 6.61 Å². The fraction of sp³-hybridized carbons (Fsp3) is 0.455. The van der Waals surface area contributed by atoms with Gasteiger partial charge in [-0.15, -0.1) is 0 Å². The van der Waals surface area contributed by atoms with E-state index in [4.69, 9.17) is 9.84 Å². The Labute approximate surface area is 107 Å². The maximum Gasteiger partial charge on any atom is 0.330 e. The third kappa shape index (κ3) is 2.04. The van der Waals surface area contributed by atoms with E-state index in [1.165, 1.54) is 0 Å². The maximum absolute atomic E-state index is 11.7. The Morgan fingerprint density at radius 1 is 1.58 bits per heavy atom. The molecule has 0 bridgehead atoms. The molecular weight excluding hydrogens is 256 g/mol. The molecule has 104 valence electrons. The minimum Gasteiger partial charge on any atom is -0.394 e. The third-order valence-electron chi connectivity index (χ3n) is 3.14. The summed E-state index contributed by atoms with van der Waals surface area (Å²) in [5.74, 6) is 0. The molecule has 2 heterocycles. The quantitative estimate of drug-likeness (QED) is 0.458. The molecule has 1 aromatic rings. The van der Waals surface area contributed by atoms with Gasteiger partial charge in [0.25, 0.3) is 5.56 Å². The van der Waals surface area contributed by atoms with Crippen LogP contribution in [0.15, 0.2) is 34.5 Å². The fourth-order valence-corrected chi connectivity index (χ4v) is 2.06. The van der Waals surface area contributed by atoms with Crippen molar-refractivity contribution in [1.82, 2.24) is 9.55 Å². The molecule has 0 radical (unpaired) electrons. The van der Waals surface area contributed by atoms with E-state index in [1.807, 2.05) is 4.98 Å². The van der Waals surface area contributed by atoms with Gasteiger partial charge in [0.2, 0.25) is 0 Å². The zero-order valence-corrected chi connectivity index (χ0v) is 9.89. The van der Waals surface area contributed by atoms with Gasteiger partial charge >= 0.3 is 5.69 Å². The standard InChI is InChI=1S/C11H14N2O6/c1-2-11(18)8(16)6(5-14)19-9(11)13-4-3-7(15)12-10(13)17/h2-4,6,8-9,14,16,18H,1,5H2,(H,12,15,17). The second-order valence-electron chi connectivity index (χ2n) is 4.26. The molecule has 8 nitrogen and oxygen atoms in total. The molecule has 0 aromatic carbocycles. The van der Waals surface area contributed by atoms with Crippen molar-refractivity contribution in [3.63, 3.8) is 0 Å². The topological polar surface area (TPSA) is 125 Å². The van der Waals surface area contributed by atoms with E-state index in [9.17, 15) is 19.8 Å². The SMILES string of the molecule is C=CC1(O)C(O)C(CO)OC1n1ccc(=O)[nH]c1=O. The molecule has 2 rings (SSSR count). The van der Waals surface area contributed by atoms with Crippen LogP contribution in [0.25, 0.3) is 0 Å².